The molecule has 2 N–H and O–H groups in total. The van der Waals surface area contributed by atoms with Crippen LogP contribution < -0.4 is 5.32 Å². The summed E-state index contributed by atoms with van der Waals surface area (Å²) in [6.45, 7) is 4.12. The Bertz CT molecular complexity index is 642. The molecule has 2 bridgehead atoms. The Kier molecular flexibility index (Phi) is 4.24. The van der Waals surface area contributed by atoms with E-state index in [-0.39, 0.29) is 17.7 Å². The van der Waals surface area contributed by atoms with E-state index in [1.54, 1.807) is 0 Å². The van der Waals surface area contributed by atoms with Crippen LogP contribution in [0.5, 0.6) is 0 Å². The lowest BCUT2D eigenvalue weighted by Gasteiger charge is -2.25. The van der Waals surface area contributed by atoms with Gasteiger partial charge < -0.3 is 10.4 Å². The number of allylic oxidation sites excluding steroid dienone is 2. The van der Waals surface area contributed by atoms with Crippen LogP contribution in [0.2, 0.25) is 0 Å². The predicted octanol–water partition coefficient (Wildman–Crippen LogP) is 3.27. The smallest absolute Gasteiger partial charge is 0.307 e. The lowest BCUT2D eigenvalue weighted by molar-refractivity contribution is -0.146. The zero-order valence-electron chi connectivity index (χ0n) is 13.6. The number of nitrogens with one attached hydrogen (secondary N) is 1. The first-order valence-electron chi connectivity index (χ1n) is 8.39. The minimum absolute atomic E-state index is 0.000291. The van der Waals surface area contributed by atoms with Crippen LogP contribution in [0.3, 0.4) is 0 Å². The molecule has 0 heterocycles. The van der Waals surface area contributed by atoms with Crippen LogP contribution in [0.4, 0.5) is 5.69 Å². The van der Waals surface area contributed by atoms with Crippen LogP contribution in [0.1, 0.15) is 31.4 Å². The molecule has 2 aliphatic carbocycles. The maximum Gasteiger partial charge on any atom is 0.307 e. The Labute approximate surface area is 136 Å². The third-order valence-corrected chi connectivity index (χ3v) is 5.29. The maximum absolute atomic E-state index is 12.8. The quantitative estimate of drug-likeness (QED) is 0.820. The molecule has 122 valence electrons. The van der Waals surface area contributed by atoms with Crippen molar-refractivity contribution in [2.45, 2.75) is 33.1 Å². The van der Waals surface area contributed by atoms with E-state index < -0.39 is 17.8 Å². The van der Waals surface area contributed by atoms with Crippen molar-refractivity contribution in [1.29, 1.82) is 0 Å². The summed E-state index contributed by atoms with van der Waals surface area (Å²) in [5.74, 6) is -2.01. The number of aliphatic carboxylic acids is 1. The van der Waals surface area contributed by atoms with Gasteiger partial charge in [0.1, 0.15) is 0 Å². The topological polar surface area (TPSA) is 66.4 Å². The van der Waals surface area contributed by atoms with Gasteiger partial charge in [-0.15, -0.1) is 0 Å². The van der Waals surface area contributed by atoms with Gasteiger partial charge in [0.05, 0.1) is 11.8 Å². The number of hydrogen-bond donors (Lipinski definition) is 2. The highest BCUT2D eigenvalue weighted by atomic mass is 16.4. The van der Waals surface area contributed by atoms with E-state index in [0.29, 0.717) is 0 Å². The van der Waals surface area contributed by atoms with Crippen LogP contribution in [0.25, 0.3) is 0 Å². The van der Waals surface area contributed by atoms with Gasteiger partial charge in [-0.1, -0.05) is 44.2 Å². The average molecular weight is 313 g/mol. The molecule has 0 aliphatic heterocycles. The number of anilines is 1. The fourth-order valence-electron chi connectivity index (χ4n) is 4.13. The van der Waals surface area contributed by atoms with Crippen molar-refractivity contribution in [3.63, 3.8) is 0 Å². The van der Waals surface area contributed by atoms with Crippen LogP contribution in [-0.2, 0) is 22.4 Å². The molecule has 1 aromatic carbocycles. The van der Waals surface area contributed by atoms with Gasteiger partial charge in [0, 0.05) is 5.69 Å². The minimum Gasteiger partial charge on any atom is -0.481 e. The van der Waals surface area contributed by atoms with Crippen molar-refractivity contribution in [1.82, 2.24) is 0 Å². The lowest BCUT2D eigenvalue weighted by atomic mass is 9.82. The first kappa shape index (κ1) is 15.8. The van der Waals surface area contributed by atoms with Gasteiger partial charge >= 0.3 is 5.97 Å². The second-order valence-electron chi connectivity index (χ2n) is 6.49. The summed E-state index contributed by atoms with van der Waals surface area (Å²) in [6.07, 6.45) is 6.43. The number of carboxylic acid groups (broad SMARTS) is 1. The summed E-state index contributed by atoms with van der Waals surface area (Å²) >= 11 is 0. The highest BCUT2D eigenvalue weighted by molar-refractivity contribution is 5.97. The summed E-state index contributed by atoms with van der Waals surface area (Å²) in [6, 6.07) is 6.04. The highest BCUT2D eigenvalue weighted by Crippen LogP contribution is 2.48. The van der Waals surface area contributed by atoms with Crippen molar-refractivity contribution < 1.29 is 14.7 Å². The van der Waals surface area contributed by atoms with Gasteiger partial charge in [-0.25, -0.2) is 0 Å². The van der Waals surface area contributed by atoms with E-state index in [9.17, 15) is 14.7 Å². The molecule has 1 fully saturated rings. The third kappa shape index (κ3) is 2.67. The van der Waals surface area contributed by atoms with Crippen LogP contribution >= 0.6 is 0 Å². The van der Waals surface area contributed by atoms with Gasteiger partial charge in [-0.3, -0.25) is 9.59 Å². The number of benzene rings is 1. The fourth-order valence-corrected chi connectivity index (χ4v) is 4.13. The third-order valence-electron chi connectivity index (χ3n) is 5.29. The Balaban J connectivity index is 1.88. The molecular weight excluding hydrogens is 290 g/mol. The summed E-state index contributed by atoms with van der Waals surface area (Å²) in [5, 5.41) is 12.6. The molecule has 0 radical (unpaired) electrons. The Morgan fingerprint density at radius 1 is 1.09 bits per heavy atom. The number of fused-ring (bicyclic) bond motifs is 2. The van der Waals surface area contributed by atoms with Gasteiger partial charge in [0.2, 0.25) is 5.91 Å². The minimum atomic E-state index is -0.860. The predicted molar refractivity (Wildman–Crippen MR) is 89.2 cm³/mol. The van der Waals surface area contributed by atoms with E-state index in [4.69, 9.17) is 0 Å². The largest absolute Gasteiger partial charge is 0.481 e. The number of hydrogen-bond acceptors (Lipinski definition) is 2. The second kappa shape index (κ2) is 6.19. The van der Waals surface area contributed by atoms with Crippen molar-refractivity contribution in [2.24, 2.45) is 23.7 Å². The average Bonchev–Trinajstić information content (AvgIpc) is 3.15. The Hall–Kier alpha value is -2.10. The summed E-state index contributed by atoms with van der Waals surface area (Å²) in [4.78, 5) is 24.4. The number of amides is 1. The van der Waals surface area contributed by atoms with Crippen molar-refractivity contribution in [2.75, 3.05) is 5.32 Å². The number of carbonyl (C=O) groups is 2. The zero-order valence-corrected chi connectivity index (χ0v) is 13.6. The Morgan fingerprint density at radius 3 is 2.17 bits per heavy atom. The summed E-state index contributed by atoms with van der Waals surface area (Å²) < 4.78 is 0. The number of aryl methyl sites for hydroxylation is 2. The normalized spacial score (nSPS) is 28.1. The van der Waals surface area contributed by atoms with E-state index in [0.717, 1.165) is 36.1 Å². The SMILES string of the molecule is CCc1cccc(CC)c1NC(=O)C1C2C=CC(C2)C1C(=O)O. The van der Waals surface area contributed by atoms with Crippen LogP contribution in [-0.4, -0.2) is 17.0 Å². The molecule has 1 saturated carbocycles. The fraction of sp³-hybridized carbons (Fsp3) is 0.474. The molecule has 3 rings (SSSR count). The number of rotatable bonds is 5. The molecule has 1 amide bonds. The first-order valence-corrected chi connectivity index (χ1v) is 8.39. The van der Waals surface area contributed by atoms with Gasteiger partial charge in [-0.05, 0) is 42.2 Å². The van der Waals surface area contributed by atoms with Crippen LogP contribution in [0.15, 0.2) is 30.4 Å². The number of carboxylic acids is 1. The summed E-state index contributed by atoms with van der Waals surface area (Å²) in [7, 11) is 0. The second-order valence-corrected chi connectivity index (χ2v) is 6.49. The van der Waals surface area contributed by atoms with Crippen molar-refractivity contribution >= 4 is 17.6 Å². The summed E-state index contributed by atoms with van der Waals surface area (Å²) in [5.41, 5.74) is 3.07. The molecule has 4 atom stereocenters. The molecule has 0 spiro atoms. The number of carbonyl (C=O) groups excluding carboxylic acids is 1. The molecule has 4 nitrogen and oxygen atoms in total. The Morgan fingerprint density at radius 2 is 1.65 bits per heavy atom. The van der Waals surface area contributed by atoms with E-state index in [2.05, 4.69) is 19.2 Å². The van der Waals surface area contributed by atoms with Gasteiger partial charge in [-0.2, -0.15) is 0 Å². The molecule has 0 saturated heterocycles. The standard InChI is InChI=1S/C19H23NO3/c1-3-11-6-5-7-12(4-2)17(11)20-18(21)15-13-8-9-14(10-13)16(15)19(22)23/h5-9,13-16H,3-4,10H2,1-2H3,(H,20,21)(H,22,23). The van der Waals surface area contributed by atoms with Crippen LogP contribution in [0, 0.1) is 23.7 Å². The van der Waals surface area contributed by atoms with E-state index in [1.807, 2.05) is 30.4 Å². The van der Waals surface area contributed by atoms with Gasteiger partial charge in [0.25, 0.3) is 0 Å². The molecule has 2 aliphatic rings. The molecular formula is C19H23NO3. The first-order chi connectivity index (χ1) is 11.1. The van der Waals surface area contributed by atoms with Crippen molar-refractivity contribution in [3.05, 3.63) is 41.5 Å². The van der Waals surface area contributed by atoms with E-state index in [1.165, 1.54) is 0 Å². The molecule has 4 heteroatoms. The van der Waals surface area contributed by atoms with Gasteiger partial charge in [0.15, 0.2) is 0 Å². The molecule has 23 heavy (non-hydrogen) atoms. The maximum atomic E-state index is 12.8. The molecule has 4 unspecified atom stereocenters. The molecule has 0 aromatic heterocycles. The van der Waals surface area contributed by atoms with Crippen molar-refractivity contribution in [3.8, 4) is 0 Å². The number of para-hydroxylation sites is 1. The monoisotopic (exact) mass is 313 g/mol. The van der Waals surface area contributed by atoms with E-state index >= 15 is 0 Å². The highest BCUT2D eigenvalue weighted by Gasteiger charge is 2.51. The lowest BCUT2D eigenvalue weighted by Crippen LogP contribution is -2.36. The molecule has 1 aromatic rings. The zero-order chi connectivity index (χ0) is 16.6.